The van der Waals surface area contributed by atoms with Gasteiger partial charge in [0.15, 0.2) is 0 Å². The molecule has 0 aliphatic heterocycles. The number of aliphatic carboxylic acids is 1. The van der Waals surface area contributed by atoms with Crippen LogP contribution in [0.25, 0.3) is 0 Å². The maximum atomic E-state index is 11.7. The van der Waals surface area contributed by atoms with Crippen molar-refractivity contribution in [2.24, 2.45) is 5.41 Å². The topological polar surface area (TPSA) is 69.6 Å². The predicted octanol–water partition coefficient (Wildman–Crippen LogP) is 1.05. The molecule has 5 heteroatoms. The maximum absolute atomic E-state index is 11.7. The van der Waals surface area contributed by atoms with Crippen molar-refractivity contribution < 1.29 is 14.7 Å². The van der Waals surface area contributed by atoms with Crippen LogP contribution in [0.15, 0.2) is 0 Å². The Bertz CT molecular complexity index is 308. The average molecular weight is 226 g/mol. The van der Waals surface area contributed by atoms with Gasteiger partial charge in [-0.2, -0.15) is 0 Å². The molecule has 2 saturated carbocycles. The second kappa shape index (κ2) is 3.96. The first-order valence-electron chi connectivity index (χ1n) is 5.79. The average Bonchev–Trinajstić information content (AvgIpc) is 2.92. The van der Waals surface area contributed by atoms with Gasteiger partial charge in [-0.05, 0) is 32.1 Å². The van der Waals surface area contributed by atoms with E-state index in [-0.39, 0.29) is 12.6 Å². The van der Waals surface area contributed by atoms with Gasteiger partial charge < -0.3 is 15.3 Å². The SMILES string of the molecule is CN(C(=O)NCC1(C(=O)O)CC1)C1CCC1. The minimum Gasteiger partial charge on any atom is -0.481 e. The van der Waals surface area contributed by atoms with Crippen molar-refractivity contribution in [1.82, 2.24) is 10.2 Å². The van der Waals surface area contributed by atoms with Gasteiger partial charge in [0.2, 0.25) is 0 Å². The van der Waals surface area contributed by atoms with Crippen LogP contribution in [-0.4, -0.2) is 41.6 Å². The molecule has 0 heterocycles. The van der Waals surface area contributed by atoms with E-state index < -0.39 is 11.4 Å². The summed E-state index contributed by atoms with van der Waals surface area (Å²) >= 11 is 0. The van der Waals surface area contributed by atoms with Crippen molar-refractivity contribution in [3.63, 3.8) is 0 Å². The molecule has 5 nitrogen and oxygen atoms in total. The van der Waals surface area contributed by atoms with E-state index >= 15 is 0 Å². The second-order valence-corrected chi connectivity index (χ2v) is 4.94. The van der Waals surface area contributed by atoms with E-state index in [1.165, 1.54) is 6.42 Å². The lowest BCUT2D eigenvalue weighted by atomic mass is 9.92. The number of amides is 2. The van der Waals surface area contributed by atoms with Crippen LogP contribution in [0.4, 0.5) is 4.79 Å². The van der Waals surface area contributed by atoms with Gasteiger partial charge in [-0.15, -0.1) is 0 Å². The number of urea groups is 1. The predicted molar refractivity (Wildman–Crippen MR) is 58.1 cm³/mol. The Balaban J connectivity index is 1.77. The van der Waals surface area contributed by atoms with E-state index in [0.717, 1.165) is 12.8 Å². The van der Waals surface area contributed by atoms with Crippen molar-refractivity contribution >= 4 is 12.0 Å². The Morgan fingerprint density at radius 3 is 2.44 bits per heavy atom. The number of carbonyl (C=O) groups is 2. The molecule has 2 fully saturated rings. The Morgan fingerprint density at radius 2 is 2.06 bits per heavy atom. The summed E-state index contributed by atoms with van der Waals surface area (Å²) < 4.78 is 0. The third-order valence-electron chi connectivity index (χ3n) is 3.83. The number of carboxylic acid groups (broad SMARTS) is 1. The third-order valence-corrected chi connectivity index (χ3v) is 3.83. The van der Waals surface area contributed by atoms with Crippen LogP contribution < -0.4 is 5.32 Å². The first-order chi connectivity index (χ1) is 7.55. The van der Waals surface area contributed by atoms with Crippen molar-refractivity contribution in [3.8, 4) is 0 Å². The number of carbonyl (C=O) groups excluding carboxylic acids is 1. The summed E-state index contributed by atoms with van der Waals surface area (Å²) in [5.41, 5.74) is -0.671. The lowest BCUT2D eigenvalue weighted by Crippen LogP contribution is -2.48. The van der Waals surface area contributed by atoms with Gasteiger partial charge in [-0.3, -0.25) is 4.79 Å². The molecule has 0 aromatic carbocycles. The van der Waals surface area contributed by atoms with Crippen molar-refractivity contribution in [2.45, 2.75) is 38.1 Å². The van der Waals surface area contributed by atoms with Gasteiger partial charge in [0.05, 0.1) is 5.41 Å². The van der Waals surface area contributed by atoms with Crippen LogP contribution >= 0.6 is 0 Å². The normalized spacial score (nSPS) is 22.1. The second-order valence-electron chi connectivity index (χ2n) is 4.94. The molecular weight excluding hydrogens is 208 g/mol. The summed E-state index contributed by atoms with van der Waals surface area (Å²) in [5, 5.41) is 11.7. The quantitative estimate of drug-likeness (QED) is 0.752. The summed E-state index contributed by atoms with van der Waals surface area (Å²) in [6, 6.07) is 0.206. The fraction of sp³-hybridized carbons (Fsp3) is 0.818. The maximum Gasteiger partial charge on any atom is 0.317 e. The summed E-state index contributed by atoms with van der Waals surface area (Å²) in [4.78, 5) is 24.3. The number of rotatable bonds is 4. The van der Waals surface area contributed by atoms with Crippen LogP contribution in [0, 0.1) is 5.41 Å². The van der Waals surface area contributed by atoms with Crippen molar-refractivity contribution in [1.29, 1.82) is 0 Å². The molecule has 0 bridgehead atoms. The van der Waals surface area contributed by atoms with Crippen LogP contribution in [0.1, 0.15) is 32.1 Å². The Hall–Kier alpha value is -1.26. The van der Waals surface area contributed by atoms with Gasteiger partial charge >= 0.3 is 12.0 Å². The monoisotopic (exact) mass is 226 g/mol. The zero-order valence-corrected chi connectivity index (χ0v) is 9.53. The Labute approximate surface area is 94.8 Å². The van der Waals surface area contributed by atoms with Crippen LogP contribution in [-0.2, 0) is 4.79 Å². The number of hydrogen-bond acceptors (Lipinski definition) is 2. The minimum absolute atomic E-state index is 0.141. The van der Waals surface area contributed by atoms with E-state index in [1.807, 2.05) is 0 Å². The molecule has 0 aromatic rings. The highest BCUT2D eigenvalue weighted by atomic mass is 16.4. The highest BCUT2D eigenvalue weighted by Gasteiger charge is 2.50. The molecule has 0 aromatic heterocycles. The number of nitrogens with zero attached hydrogens (tertiary/aromatic N) is 1. The fourth-order valence-corrected chi connectivity index (χ4v) is 1.93. The molecule has 2 aliphatic carbocycles. The van der Waals surface area contributed by atoms with Gasteiger partial charge in [0, 0.05) is 19.6 Å². The largest absolute Gasteiger partial charge is 0.481 e. The molecule has 2 N–H and O–H groups in total. The fourth-order valence-electron chi connectivity index (χ4n) is 1.93. The van der Waals surface area contributed by atoms with Gasteiger partial charge in [-0.25, -0.2) is 4.79 Å². The van der Waals surface area contributed by atoms with Gasteiger partial charge in [0.1, 0.15) is 0 Å². The van der Waals surface area contributed by atoms with Gasteiger partial charge in [-0.1, -0.05) is 0 Å². The molecule has 0 atom stereocenters. The zero-order chi connectivity index (χ0) is 11.8. The number of hydrogen-bond donors (Lipinski definition) is 2. The van der Waals surface area contributed by atoms with E-state index in [1.54, 1.807) is 11.9 Å². The zero-order valence-electron chi connectivity index (χ0n) is 9.53. The van der Waals surface area contributed by atoms with E-state index in [4.69, 9.17) is 5.11 Å². The molecule has 0 unspecified atom stereocenters. The molecule has 2 amide bonds. The van der Waals surface area contributed by atoms with Gasteiger partial charge in [0.25, 0.3) is 0 Å². The van der Waals surface area contributed by atoms with Crippen LogP contribution in [0.3, 0.4) is 0 Å². The van der Waals surface area contributed by atoms with Crippen LogP contribution in [0.5, 0.6) is 0 Å². The first kappa shape index (κ1) is 11.2. The Kier molecular flexibility index (Phi) is 2.78. The van der Waals surface area contributed by atoms with Crippen LogP contribution in [0.2, 0.25) is 0 Å². The summed E-state index contributed by atoms with van der Waals surface area (Å²) in [6.07, 6.45) is 4.66. The van der Waals surface area contributed by atoms with Crippen molar-refractivity contribution in [2.75, 3.05) is 13.6 Å². The molecular formula is C11H18N2O3. The van der Waals surface area contributed by atoms with E-state index in [9.17, 15) is 9.59 Å². The molecule has 90 valence electrons. The summed E-state index contributed by atoms with van der Waals surface area (Å²) in [7, 11) is 1.78. The standard InChI is InChI=1S/C11H18N2O3/c1-13(8-3-2-4-8)10(16)12-7-11(5-6-11)9(14)15/h8H,2-7H2,1H3,(H,12,16)(H,14,15). The molecule has 16 heavy (non-hydrogen) atoms. The highest BCUT2D eigenvalue weighted by molar-refractivity contribution is 5.80. The number of carboxylic acids is 1. The van der Waals surface area contributed by atoms with E-state index in [2.05, 4.69) is 5.32 Å². The highest BCUT2D eigenvalue weighted by Crippen LogP contribution is 2.45. The molecule has 2 aliphatic rings. The summed E-state index contributed by atoms with van der Waals surface area (Å²) in [6.45, 7) is 0.262. The smallest absolute Gasteiger partial charge is 0.317 e. The lowest BCUT2D eigenvalue weighted by Gasteiger charge is -2.34. The lowest BCUT2D eigenvalue weighted by molar-refractivity contribution is -0.143. The third kappa shape index (κ3) is 1.99. The molecule has 0 saturated heterocycles. The molecule has 0 spiro atoms. The Morgan fingerprint density at radius 1 is 1.44 bits per heavy atom. The molecule has 0 radical (unpaired) electrons. The summed E-state index contributed by atoms with van der Waals surface area (Å²) in [5.74, 6) is -0.793. The first-order valence-corrected chi connectivity index (χ1v) is 5.79. The van der Waals surface area contributed by atoms with Crippen molar-refractivity contribution in [3.05, 3.63) is 0 Å². The van der Waals surface area contributed by atoms with E-state index in [0.29, 0.717) is 18.9 Å². The molecule has 2 rings (SSSR count). The number of nitrogens with one attached hydrogen (secondary N) is 1. The minimum atomic E-state index is -0.793.